The zero-order chi connectivity index (χ0) is 26.7. The lowest BCUT2D eigenvalue weighted by molar-refractivity contribution is 0.100. The molecule has 0 spiro atoms. The van der Waals surface area contributed by atoms with E-state index in [1.807, 2.05) is 19.1 Å². The molecule has 0 heterocycles. The zero-order valence-electron chi connectivity index (χ0n) is 23.4. The highest BCUT2D eigenvalue weighted by Gasteiger charge is 2.15. The second-order valence-corrected chi connectivity index (χ2v) is 11.4. The molecule has 0 saturated carbocycles. The number of fused-ring (bicyclic) bond motifs is 1. The minimum atomic E-state index is -0.555. The summed E-state index contributed by atoms with van der Waals surface area (Å²) in [6.45, 7) is 13.8. The number of nitrogens with one attached hydrogen (secondary N) is 2. The lowest BCUT2D eigenvalue weighted by atomic mass is 9.89. The third-order valence-electron chi connectivity index (χ3n) is 6.42. The van der Waals surface area contributed by atoms with Crippen LogP contribution in [0.1, 0.15) is 82.2 Å². The van der Waals surface area contributed by atoms with E-state index in [1.54, 1.807) is 6.07 Å². The Morgan fingerprint density at radius 1 is 1.00 bits per heavy atom. The molecule has 7 heteroatoms. The molecule has 0 aliphatic heterocycles. The van der Waals surface area contributed by atoms with Gasteiger partial charge in [-0.2, -0.15) is 0 Å². The number of ether oxygens (including phenoxy) is 1. The van der Waals surface area contributed by atoms with Gasteiger partial charge in [0.25, 0.3) is 0 Å². The molecule has 3 rings (SSSR count). The molecule has 0 saturated heterocycles. The second-order valence-electron chi connectivity index (χ2n) is 11.0. The standard InChI is InChI=1S/C16H25NO.C14H22ClNO2.ClH/c1-3-12(2)17-11-16(18)15-9-8-13-6-4-5-7-14(13)10-15;1-10-5-6-12(15)13(7-10)18-9-11(17)8-16-14(2,3)4;/h8-10,12,16-18H,3-7,11H2,1-2H3;5-7,11,16-17H,8-9H2,1-4H3;1H. The quantitative estimate of drug-likeness (QED) is 0.282. The summed E-state index contributed by atoms with van der Waals surface area (Å²) in [5, 5.41) is 27.2. The smallest absolute Gasteiger partial charge is 0.138 e. The molecule has 1 aliphatic rings. The number of hydrogen-bond donors (Lipinski definition) is 4. The van der Waals surface area contributed by atoms with E-state index in [-0.39, 0.29) is 30.7 Å². The summed E-state index contributed by atoms with van der Waals surface area (Å²) < 4.78 is 5.52. The van der Waals surface area contributed by atoms with Gasteiger partial charge in [-0.3, -0.25) is 0 Å². The first-order valence-electron chi connectivity index (χ1n) is 13.3. The molecule has 0 aromatic heterocycles. The van der Waals surface area contributed by atoms with Gasteiger partial charge in [-0.1, -0.05) is 42.8 Å². The lowest BCUT2D eigenvalue weighted by Gasteiger charge is -2.23. The van der Waals surface area contributed by atoms with Crippen LogP contribution in [0.25, 0.3) is 0 Å². The number of halogens is 2. The van der Waals surface area contributed by atoms with E-state index < -0.39 is 6.10 Å². The third kappa shape index (κ3) is 12.8. The summed E-state index contributed by atoms with van der Waals surface area (Å²) in [5.41, 5.74) is 5.05. The number of aliphatic hydroxyl groups excluding tert-OH is 2. The fourth-order valence-corrected chi connectivity index (χ4v) is 4.10. The number of hydrogen-bond acceptors (Lipinski definition) is 5. The van der Waals surface area contributed by atoms with Crippen molar-refractivity contribution in [3.05, 3.63) is 63.7 Å². The van der Waals surface area contributed by atoms with Crippen LogP contribution < -0.4 is 15.4 Å². The average molecular weight is 556 g/mol. The Balaban J connectivity index is 0.000000360. The Bertz CT molecular complexity index is 934. The van der Waals surface area contributed by atoms with Gasteiger partial charge < -0.3 is 25.6 Å². The van der Waals surface area contributed by atoms with Gasteiger partial charge in [0.1, 0.15) is 18.5 Å². The third-order valence-corrected chi connectivity index (χ3v) is 6.73. The first-order chi connectivity index (χ1) is 17.0. The lowest BCUT2D eigenvalue weighted by Crippen LogP contribution is -2.42. The van der Waals surface area contributed by atoms with Crippen molar-refractivity contribution in [3.63, 3.8) is 0 Å². The predicted molar refractivity (Wildman–Crippen MR) is 158 cm³/mol. The van der Waals surface area contributed by atoms with Crippen LogP contribution in [-0.4, -0.2) is 47.6 Å². The molecule has 2 aromatic rings. The highest BCUT2D eigenvalue weighted by atomic mass is 35.5. The Labute approximate surface area is 235 Å². The van der Waals surface area contributed by atoms with Crippen molar-refractivity contribution in [1.82, 2.24) is 10.6 Å². The van der Waals surface area contributed by atoms with E-state index in [2.05, 4.69) is 63.5 Å². The van der Waals surface area contributed by atoms with Gasteiger partial charge in [0.2, 0.25) is 0 Å². The molecule has 1 aliphatic carbocycles. The van der Waals surface area contributed by atoms with Gasteiger partial charge in [0.15, 0.2) is 0 Å². The number of benzene rings is 2. The Morgan fingerprint density at radius 3 is 2.32 bits per heavy atom. The van der Waals surface area contributed by atoms with Crippen LogP contribution in [0, 0.1) is 6.92 Å². The molecule has 0 fully saturated rings. The fraction of sp³-hybridized carbons (Fsp3) is 0.600. The Hall–Kier alpha value is -1.34. The summed E-state index contributed by atoms with van der Waals surface area (Å²) >= 11 is 6.01. The monoisotopic (exact) mass is 554 g/mol. The minimum Gasteiger partial charge on any atom is -0.489 e. The Morgan fingerprint density at radius 2 is 1.68 bits per heavy atom. The SMILES string of the molecule is CCC(C)NCC(O)c1ccc2c(c1)CCCC2.Cc1ccc(Cl)c(OCC(O)CNC(C)(C)C)c1.Cl. The van der Waals surface area contributed by atoms with Gasteiger partial charge in [0.05, 0.1) is 11.1 Å². The fourth-order valence-electron chi connectivity index (χ4n) is 3.93. The number of rotatable bonds is 10. The summed E-state index contributed by atoms with van der Waals surface area (Å²) in [4.78, 5) is 0. The van der Waals surface area contributed by atoms with Crippen molar-refractivity contribution in [2.75, 3.05) is 19.7 Å². The second kappa shape index (κ2) is 16.6. The van der Waals surface area contributed by atoms with Crippen LogP contribution >= 0.6 is 24.0 Å². The van der Waals surface area contributed by atoms with Gasteiger partial charge in [-0.15, -0.1) is 12.4 Å². The van der Waals surface area contributed by atoms with Gasteiger partial charge in [-0.05, 0) is 101 Å². The van der Waals surface area contributed by atoms with E-state index in [4.69, 9.17) is 16.3 Å². The van der Waals surface area contributed by atoms with E-state index in [1.165, 1.54) is 36.8 Å². The molecule has 0 amide bonds. The predicted octanol–water partition coefficient (Wildman–Crippen LogP) is 6.18. The number of aryl methyl sites for hydroxylation is 3. The maximum Gasteiger partial charge on any atom is 0.138 e. The molecule has 5 nitrogen and oxygen atoms in total. The molecular formula is C30H48Cl2N2O3. The van der Waals surface area contributed by atoms with Crippen LogP contribution in [0.2, 0.25) is 5.02 Å². The maximum atomic E-state index is 10.2. The average Bonchev–Trinajstić information content (AvgIpc) is 2.86. The summed E-state index contributed by atoms with van der Waals surface area (Å²) in [6, 6.07) is 12.6. The van der Waals surface area contributed by atoms with Crippen LogP contribution in [-0.2, 0) is 12.8 Å². The van der Waals surface area contributed by atoms with Gasteiger partial charge >= 0.3 is 0 Å². The first-order valence-corrected chi connectivity index (χ1v) is 13.7. The molecule has 37 heavy (non-hydrogen) atoms. The zero-order valence-corrected chi connectivity index (χ0v) is 25.0. The van der Waals surface area contributed by atoms with E-state index in [0.29, 0.717) is 29.9 Å². The minimum absolute atomic E-state index is 0. The number of β-amino-alcohol motifs (C(OH)–C–C–N with tert-alkyl or cyclic N) is 1. The van der Waals surface area contributed by atoms with Crippen molar-refractivity contribution in [3.8, 4) is 5.75 Å². The molecule has 0 bridgehead atoms. The van der Waals surface area contributed by atoms with Crippen LogP contribution in [0.3, 0.4) is 0 Å². The molecule has 210 valence electrons. The van der Waals surface area contributed by atoms with Crippen molar-refractivity contribution >= 4 is 24.0 Å². The van der Waals surface area contributed by atoms with Crippen LogP contribution in [0.4, 0.5) is 0 Å². The Kier molecular flexibility index (Phi) is 15.1. The highest BCUT2D eigenvalue weighted by molar-refractivity contribution is 6.32. The molecule has 2 aromatic carbocycles. The van der Waals surface area contributed by atoms with Crippen molar-refractivity contribution in [2.24, 2.45) is 0 Å². The highest BCUT2D eigenvalue weighted by Crippen LogP contribution is 2.26. The molecule has 3 unspecified atom stereocenters. The van der Waals surface area contributed by atoms with Crippen molar-refractivity contribution in [2.45, 2.75) is 97.4 Å². The van der Waals surface area contributed by atoms with E-state index >= 15 is 0 Å². The summed E-state index contributed by atoms with van der Waals surface area (Å²) in [6.07, 6.45) is 5.14. The first kappa shape index (κ1) is 33.7. The summed E-state index contributed by atoms with van der Waals surface area (Å²) in [7, 11) is 0. The molecular weight excluding hydrogens is 507 g/mol. The normalized spacial score (nSPS) is 15.4. The van der Waals surface area contributed by atoms with Crippen molar-refractivity contribution < 1.29 is 14.9 Å². The van der Waals surface area contributed by atoms with E-state index in [0.717, 1.165) is 17.5 Å². The molecule has 0 radical (unpaired) electrons. The van der Waals surface area contributed by atoms with Crippen LogP contribution in [0.15, 0.2) is 36.4 Å². The number of aliphatic hydroxyl groups is 2. The van der Waals surface area contributed by atoms with E-state index in [9.17, 15) is 10.2 Å². The summed E-state index contributed by atoms with van der Waals surface area (Å²) in [5.74, 6) is 0.617. The van der Waals surface area contributed by atoms with Crippen LogP contribution in [0.5, 0.6) is 5.75 Å². The van der Waals surface area contributed by atoms with Crippen molar-refractivity contribution in [1.29, 1.82) is 0 Å². The largest absolute Gasteiger partial charge is 0.489 e. The topological polar surface area (TPSA) is 73.8 Å². The van der Waals surface area contributed by atoms with Gasteiger partial charge in [0, 0.05) is 24.7 Å². The van der Waals surface area contributed by atoms with Gasteiger partial charge in [-0.25, -0.2) is 0 Å². The maximum absolute atomic E-state index is 10.2. The molecule has 3 atom stereocenters. The molecule has 4 N–H and O–H groups in total.